The van der Waals surface area contributed by atoms with E-state index in [4.69, 9.17) is 15.9 Å². The van der Waals surface area contributed by atoms with Crippen LogP contribution in [-0.4, -0.2) is 36.6 Å². The molecule has 0 spiro atoms. The summed E-state index contributed by atoms with van der Waals surface area (Å²) in [5.41, 5.74) is 10.8. The van der Waals surface area contributed by atoms with Crippen molar-refractivity contribution < 1.29 is 17.9 Å². The molecule has 7 nitrogen and oxygen atoms in total. The molecule has 0 amide bonds. The van der Waals surface area contributed by atoms with Crippen LogP contribution in [0.4, 0.5) is 30.4 Å². The molecule has 200 valence electrons. The van der Waals surface area contributed by atoms with Crippen LogP contribution in [0.3, 0.4) is 0 Å². The van der Waals surface area contributed by atoms with Crippen molar-refractivity contribution in [3.8, 4) is 5.75 Å². The topological polar surface area (TPSA) is 108 Å². The highest BCUT2D eigenvalue weighted by Crippen LogP contribution is 2.36. The van der Waals surface area contributed by atoms with Crippen LogP contribution in [0, 0.1) is 11.2 Å². The number of nitrogens with zero attached hydrogens (tertiary/aromatic N) is 1. The Hall–Kier alpha value is -3.70. The highest BCUT2D eigenvalue weighted by atomic mass is 32.2. The summed E-state index contributed by atoms with van der Waals surface area (Å²) in [6, 6.07) is 10.7. The Labute approximate surface area is 223 Å². The molecule has 1 unspecified atom stereocenters. The molecule has 3 aromatic rings. The lowest BCUT2D eigenvalue weighted by Crippen LogP contribution is -2.22. The molecule has 6 N–H and O–H groups in total. The fraction of sp³-hybridized carbons (Fsp3) is 0.259. The second kappa shape index (κ2) is 12.2. The molecule has 1 aliphatic rings. The van der Waals surface area contributed by atoms with Crippen molar-refractivity contribution in [1.82, 2.24) is 10.3 Å². The average molecular weight is 543 g/mol. The predicted molar refractivity (Wildman–Crippen MR) is 149 cm³/mol. The van der Waals surface area contributed by atoms with Crippen molar-refractivity contribution in [2.24, 2.45) is 0 Å². The van der Waals surface area contributed by atoms with E-state index in [0.29, 0.717) is 34.6 Å². The summed E-state index contributed by atoms with van der Waals surface area (Å²) in [6.45, 7) is 3.34. The minimum absolute atomic E-state index is 0.0953. The maximum atomic E-state index is 13.4. The Morgan fingerprint density at radius 3 is 2.63 bits per heavy atom. The number of nitrogen functional groups attached to an aromatic ring is 1. The van der Waals surface area contributed by atoms with E-state index < -0.39 is 11.9 Å². The van der Waals surface area contributed by atoms with Gasteiger partial charge in [-0.15, -0.1) is 0 Å². The molecule has 0 bridgehead atoms. The summed E-state index contributed by atoms with van der Waals surface area (Å²) in [5, 5.41) is 15.6. The molecule has 0 saturated carbocycles. The maximum Gasteiger partial charge on any atom is 0.302 e. The number of rotatable bonds is 10. The van der Waals surface area contributed by atoms with Crippen molar-refractivity contribution in [3.05, 3.63) is 82.8 Å². The Kier molecular flexibility index (Phi) is 8.80. The van der Waals surface area contributed by atoms with Gasteiger partial charge in [0.2, 0.25) is 0 Å². The van der Waals surface area contributed by atoms with Gasteiger partial charge in [0.05, 0.1) is 22.6 Å². The first kappa shape index (κ1) is 27.3. The smallest absolute Gasteiger partial charge is 0.302 e. The molecule has 11 heteroatoms. The van der Waals surface area contributed by atoms with Crippen molar-refractivity contribution >= 4 is 40.4 Å². The first-order valence-corrected chi connectivity index (χ1v) is 12.9. The Bertz CT molecular complexity index is 1330. The van der Waals surface area contributed by atoms with Crippen LogP contribution in [0.5, 0.6) is 5.75 Å². The highest BCUT2D eigenvalue weighted by molar-refractivity contribution is 8.00. The fourth-order valence-corrected chi connectivity index (χ4v) is 4.62. The number of nitrogens with one attached hydrogen (secondary N) is 4. The molecular weight excluding hydrogens is 513 g/mol. The van der Waals surface area contributed by atoms with Gasteiger partial charge in [-0.25, -0.2) is 9.37 Å². The van der Waals surface area contributed by atoms with Crippen LogP contribution >= 0.6 is 11.9 Å². The van der Waals surface area contributed by atoms with E-state index in [9.17, 15) is 13.2 Å². The zero-order chi connectivity index (χ0) is 27.2. The molecule has 38 heavy (non-hydrogen) atoms. The average Bonchev–Trinajstić information content (AvgIpc) is 2.92. The van der Waals surface area contributed by atoms with Gasteiger partial charge in [0.25, 0.3) is 0 Å². The van der Waals surface area contributed by atoms with Crippen molar-refractivity contribution in [3.63, 3.8) is 0 Å². The molecule has 1 atom stereocenters. The molecule has 4 rings (SSSR count). The van der Waals surface area contributed by atoms with Crippen molar-refractivity contribution in [1.29, 1.82) is 5.41 Å². The van der Waals surface area contributed by atoms with Crippen LogP contribution in [0.2, 0.25) is 0 Å². The molecule has 0 fully saturated rings. The second-order valence-electron chi connectivity index (χ2n) is 8.63. The van der Waals surface area contributed by atoms with Gasteiger partial charge >= 0.3 is 5.76 Å². The van der Waals surface area contributed by atoms with Crippen LogP contribution in [-0.2, 0) is 0 Å². The van der Waals surface area contributed by atoms with Gasteiger partial charge in [-0.1, -0.05) is 24.3 Å². The summed E-state index contributed by atoms with van der Waals surface area (Å²) >= 11 is 0.242. The summed E-state index contributed by atoms with van der Waals surface area (Å²) in [4.78, 5) is 4.36. The number of alkyl halides is 2. The molecule has 0 aliphatic carbocycles. The number of pyridine rings is 1. The molecule has 0 radical (unpaired) electrons. The molecule has 2 heterocycles. The molecule has 1 aromatic heterocycles. The van der Waals surface area contributed by atoms with Gasteiger partial charge in [0, 0.05) is 42.9 Å². The SMILES string of the molecule is CNc1c(C2=CCCNC2)cnc(N)c1C(=N)c1ccc(NSC(F)F)c(OC(C)c2ccc(F)cc2)c1. The Morgan fingerprint density at radius 2 is 1.97 bits per heavy atom. The second-order valence-corrected chi connectivity index (χ2v) is 9.43. The van der Waals surface area contributed by atoms with Gasteiger partial charge in [0.15, 0.2) is 0 Å². The van der Waals surface area contributed by atoms with Crippen LogP contribution < -0.4 is 25.8 Å². The molecule has 2 aromatic carbocycles. The summed E-state index contributed by atoms with van der Waals surface area (Å²) in [7, 11) is 1.76. The Balaban J connectivity index is 1.72. The zero-order valence-electron chi connectivity index (χ0n) is 20.9. The maximum absolute atomic E-state index is 13.4. The summed E-state index contributed by atoms with van der Waals surface area (Å²) < 4.78 is 48.0. The van der Waals surface area contributed by atoms with Crippen LogP contribution in [0.1, 0.15) is 41.7 Å². The van der Waals surface area contributed by atoms with E-state index in [2.05, 4.69) is 26.4 Å². The predicted octanol–water partition coefficient (Wildman–Crippen LogP) is 6.06. The highest BCUT2D eigenvalue weighted by Gasteiger charge is 2.22. The number of hydrogen-bond acceptors (Lipinski definition) is 8. The van der Waals surface area contributed by atoms with Crippen LogP contribution in [0.15, 0.2) is 54.7 Å². The van der Waals surface area contributed by atoms with E-state index in [-0.39, 0.29) is 35.0 Å². The summed E-state index contributed by atoms with van der Waals surface area (Å²) in [6.07, 6.45) is 4.20. The van der Waals surface area contributed by atoms with E-state index >= 15 is 0 Å². The lowest BCUT2D eigenvalue weighted by atomic mass is 9.94. The van der Waals surface area contributed by atoms with Gasteiger partial charge in [-0.2, -0.15) is 8.78 Å². The van der Waals surface area contributed by atoms with Crippen LogP contribution in [0.25, 0.3) is 5.57 Å². The molecule has 1 aliphatic heterocycles. The number of halogens is 3. The molecular formula is C27H29F3N6OS. The third-order valence-electron chi connectivity index (χ3n) is 6.15. The van der Waals surface area contributed by atoms with Gasteiger partial charge in [-0.3, -0.25) is 5.41 Å². The first-order chi connectivity index (χ1) is 18.3. The minimum atomic E-state index is -2.65. The van der Waals surface area contributed by atoms with E-state index in [1.165, 1.54) is 12.1 Å². The third kappa shape index (κ3) is 6.22. The summed E-state index contributed by atoms with van der Waals surface area (Å²) in [5.74, 6) is -2.58. The fourth-order valence-electron chi connectivity index (χ4n) is 4.24. The van der Waals surface area contributed by atoms with Crippen molar-refractivity contribution in [2.45, 2.75) is 25.2 Å². The van der Waals surface area contributed by atoms with Gasteiger partial charge in [0.1, 0.15) is 23.5 Å². The van der Waals surface area contributed by atoms with E-state index in [0.717, 1.165) is 24.1 Å². The van der Waals surface area contributed by atoms with Gasteiger partial charge < -0.3 is 25.8 Å². The lowest BCUT2D eigenvalue weighted by molar-refractivity contribution is 0.228. The lowest BCUT2D eigenvalue weighted by Gasteiger charge is -2.22. The Morgan fingerprint density at radius 1 is 1.21 bits per heavy atom. The van der Waals surface area contributed by atoms with Gasteiger partial charge in [-0.05, 0) is 55.3 Å². The number of anilines is 3. The number of nitrogens with two attached hydrogens (primary N) is 1. The zero-order valence-corrected chi connectivity index (χ0v) is 21.8. The number of ether oxygens (including phenoxy) is 1. The number of aromatic nitrogens is 1. The normalized spacial score (nSPS) is 14.1. The quantitative estimate of drug-likeness (QED) is 0.157. The number of hydrogen-bond donors (Lipinski definition) is 5. The van der Waals surface area contributed by atoms with E-state index in [1.54, 1.807) is 50.5 Å². The number of benzene rings is 2. The minimum Gasteiger partial charge on any atom is -0.484 e. The molecule has 0 saturated heterocycles. The van der Waals surface area contributed by atoms with E-state index in [1.807, 2.05) is 0 Å². The third-order valence-corrected chi connectivity index (χ3v) is 6.67. The van der Waals surface area contributed by atoms with Crippen molar-refractivity contribution in [2.75, 3.05) is 35.9 Å². The first-order valence-electron chi connectivity index (χ1n) is 12.0. The largest absolute Gasteiger partial charge is 0.484 e. The monoisotopic (exact) mass is 542 g/mol. The standard InChI is InChI=1S/C27H29F3N6OS/c1-15(16-5-8-19(28)9-6-16)37-22-12-17(7-10-21(22)36-38-27(29)30)24(31)23-25(33-2)20(14-35-26(23)32)18-4-3-11-34-13-18/h4-10,12,14-15,27,31,34,36H,3,11,13H2,1-2H3,(H3,32,33,35).